The summed E-state index contributed by atoms with van der Waals surface area (Å²) in [5, 5.41) is 9.44. The molecule has 0 aromatic rings. The molecule has 0 saturated heterocycles. The van der Waals surface area contributed by atoms with Gasteiger partial charge in [-0.25, -0.2) is 0 Å². The quantitative estimate of drug-likeness (QED) is 0.670. The topological polar surface area (TPSA) is 23.5 Å². The average Bonchev–Trinajstić information content (AvgIpc) is 3.07. The van der Waals surface area contributed by atoms with Gasteiger partial charge in [0.25, 0.3) is 0 Å². The number of unbranched alkanes of at least 4 members (excludes halogenated alkanes) is 1. The van der Waals surface area contributed by atoms with E-state index in [0.29, 0.717) is 6.61 Å². The Bertz CT molecular complexity index is 173. The maximum atomic E-state index is 9.44. The minimum Gasteiger partial charge on any atom is -0.396 e. The van der Waals surface area contributed by atoms with Gasteiger partial charge in [-0.2, -0.15) is 0 Å². The van der Waals surface area contributed by atoms with Gasteiger partial charge in [0, 0.05) is 24.6 Å². The molecule has 0 heterocycles. The Labute approximate surface area is 94.7 Å². The van der Waals surface area contributed by atoms with Crippen LogP contribution >= 0.6 is 0 Å². The Balaban J connectivity index is 2.41. The molecule has 0 aliphatic heterocycles. The van der Waals surface area contributed by atoms with E-state index in [1.54, 1.807) is 0 Å². The molecule has 2 nitrogen and oxygen atoms in total. The summed E-state index contributed by atoms with van der Waals surface area (Å²) in [5.74, 6) is 0. The summed E-state index contributed by atoms with van der Waals surface area (Å²) in [4.78, 5) is 2.60. The van der Waals surface area contributed by atoms with Crippen LogP contribution in [0, 0.1) is 5.41 Å². The number of hydrogen-bond acceptors (Lipinski definition) is 2. The van der Waals surface area contributed by atoms with Gasteiger partial charge in [0.2, 0.25) is 0 Å². The lowest BCUT2D eigenvalue weighted by molar-refractivity contribution is 0.0801. The van der Waals surface area contributed by atoms with Crippen LogP contribution in [0.15, 0.2) is 0 Å². The van der Waals surface area contributed by atoms with E-state index in [0.717, 1.165) is 19.0 Å². The van der Waals surface area contributed by atoms with Gasteiger partial charge in [0.1, 0.15) is 0 Å². The van der Waals surface area contributed by atoms with Crippen molar-refractivity contribution in [2.24, 2.45) is 5.41 Å². The molecule has 1 saturated carbocycles. The Hall–Kier alpha value is -0.0800. The molecule has 1 aliphatic carbocycles. The molecular formula is C13H27NO. The van der Waals surface area contributed by atoms with E-state index in [4.69, 9.17) is 0 Å². The summed E-state index contributed by atoms with van der Waals surface area (Å²) in [6.07, 6.45) is 6.37. The van der Waals surface area contributed by atoms with Crippen LogP contribution in [-0.2, 0) is 0 Å². The van der Waals surface area contributed by atoms with Crippen LogP contribution in [-0.4, -0.2) is 35.7 Å². The Morgan fingerprint density at radius 3 is 2.40 bits per heavy atom. The second-order valence-electron chi connectivity index (χ2n) is 5.38. The smallest absolute Gasteiger partial charge is 0.0496 e. The third-order valence-electron chi connectivity index (χ3n) is 3.68. The van der Waals surface area contributed by atoms with Crippen LogP contribution < -0.4 is 0 Å². The summed E-state index contributed by atoms with van der Waals surface area (Å²) in [5.41, 5.74) is 0.107. The van der Waals surface area contributed by atoms with Gasteiger partial charge in [-0.05, 0) is 32.2 Å². The average molecular weight is 213 g/mol. The predicted octanol–water partition coefficient (Wildman–Crippen LogP) is 2.66. The zero-order valence-corrected chi connectivity index (χ0v) is 10.6. The second-order valence-corrected chi connectivity index (χ2v) is 5.38. The first-order valence-electron chi connectivity index (χ1n) is 6.50. The zero-order chi connectivity index (χ0) is 11.3. The molecule has 1 rings (SSSR count). The van der Waals surface area contributed by atoms with E-state index in [-0.39, 0.29) is 5.41 Å². The highest BCUT2D eigenvalue weighted by Crippen LogP contribution is 2.31. The van der Waals surface area contributed by atoms with E-state index in [2.05, 4.69) is 25.7 Å². The molecule has 0 radical (unpaired) electrons. The monoisotopic (exact) mass is 213 g/mol. The van der Waals surface area contributed by atoms with Crippen LogP contribution in [0.25, 0.3) is 0 Å². The standard InChI is InChI=1S/C13H27NO/c1-4-6-9-14(12-7-8-12)10-13(3,5-2)11-15/h12,15H,4-11H2,1-3H3. The molecule has 1 N–H and O–H groups in total. The number of nitrogens with zero attached hydrogens (tertiary/aromatic N) is 1. The van der Waals surface area contributed by atoms with Gasteiger partial charge in [0.05, 0.1) is 0 Å². The van der Waals surface area contributed by atoms with Gasteiger partial charge in [0.15, 0.2) is 0 Å². The fourth-order valence-corrected chi connectivity index (χ4v) is 1.96. The molecule has 1 fully saturated rings. The first-order chi connectivity index (χ1) is 7.15. The van der Waals surface area contributed by atoms with Crippen molar-refractivity contribution in [2.75, 3.05) is 19.7 Å². The van der Waals surface area contributed by atoms with Crippen molar-refractivity contribution in [2.45, 2.75) is 58.9 Å². The van der Waals surface area contributed by atoms with E-state index in [9.17, 15) is 5.11 Å². The summed E-state index contributed by atoms with van der Waals surface area (Å²) < 4.78 is 0. The molecule has 1 atom stereocenters. The number of aliphatic hydroxyl groups excluding tert-OH is 1. The molecule has 15 heavy (non-hydrogen) atoms. The molecule has 1 unspecified atom stereocenters. The highest BCUT2D eigenvalue weighted by atomic mass is 16.3. The first-order valence-corrected chi connectivity index (χ1v) is 6.50. The van der Waals surface area contributed by atoms with Crippen molar-refractivity contribution in [3.8, 4) is 0 Å². The molecule has 0 aromatic heterocycles. The van der Waals surface area contributed by atoms with Gasteiger partial charge in [-0.3, -0.25) is 4.90 Å². The van der Waals surface area contributed by atoms with Crippen LogP contribution in [0.5, 0.6) is 0 Å². The van der Waals surface area contributed by atoms with Crippen molar-refractivity contribution in [1.29, 1.82) is 0 Å². The summed E-state index contributed by atoms with van der Waals surface area (Å²) in [6.45, 7) is 9.24. The van der Waals surface area contributed by atoms with Gasteiger partial charge in [-0.15, -0.1) is 0 Å². The molecular weight excluding hydrogens is 186 g/mol. The number of aliphatic hydroxyl groups is 1. The lowest BCUT2D eigenvalue weighted by Crippen LogP contribution is -2.39. The van der Waals surface area contributed by atoms with Crippen LogP contribution in [0.1, 0.15) is 52.9 Å². The number of hydrogen-bond donors (Lipinski definition) is 1. The Kier molecular flexibility index (Phi) is 5.07. The maximum Gasteiger partial charge on any atom is 0.0496 e. The molecule has 0 aromatic carbocycles. The molecule has 0 amide bonds. The highest BCUT2D eigenvalue weighted by Gasteiger charge is 2.33. The van der Waals surface area contributed by atoms with Crippen molar-refractivity contribution in [3.05, 3.63) is 0 Å². The van der Waals surface area contributed by atoms with Gasteiger partial charge < -0.3 is 5.11 Å². The van der Waals surface area contributed by atoms with Gasteiger partial charge in [-0.1, -0.05) is 27.2 Å². The molecule has 2 heteroatoms. The van der Waals surface area contributed by atoms with Crippen LogP contribution in [0.3, 0.4) is 0 Å². The predicted molar refractivity (Wildman–Crippen MR) is 65.0 cm³/mol. The summed E-state index contributed by atoms with van der Waals surface area (Å²) >= 11 is 0. The zero-order valence-electron chi connectivity index (χ0n) is 10.6. The molecule has 90 valence electrons. The van der Waals surface area contributed by atoms with Crippen molar-refractivity contribution in [3.63, 3.8) is 0 Å². The third kappa shape index (κ3) is 4.12. The lowest BCUT2D eigenvalue weighted by Gasteiger charge is -2.33. The minimum atomic E-state index is 0.107. The highest BCUT2D eigenvalue weighted by molar-refractivity contribution is 4.88. The SMILES string of the molecule is CCCCN(CC(C)(CC)CO)C1CC1. The second kappa shape index (κ2) is 5.86. The van der Waals surface area contributed by atoms with Crippen molar-refractivity contribution in [1.82, 2.24) is 4.90 Å². The maximum absolute atomic E-state index is 9.44. The first kappa shape index (κ1) is 13.0. The molecule has 0 bridgehead atoms. The van der Waals surface area contributed by atoms with Crippen LogP contribution in [0.4, 0.5) is 0 Å². The lowest BCUT2D eigenvalue weighted by atomic mass is 9.88. The molecule has 0 spiro atoms. The minimum absolute atomic E-state index is 0.107. The molecule has 1 aliphatic rings. The van der Waals surface area contributed by atoms with E-state index in [1.807, 2.05) is 0 Å². The van der Waals surface area contributed by atoms with E-state index < -0.39 is 0 Å². The summed E-state index contributed by atoms with van der Waals surface area (Å²) in [7, 11) is 0. The summed E-state index contributed by atoms with van der Waals surface area (Å²) in [6, 6.07) is 0.828. The number of rotatable bonds is 8. The van der Waals surface area contributed by atoms with Crippen molar-refractivity contribution < 1.29 is 5.11 Å². The van der Waals surface area contributed by atoms with Gasteiger partial charge >= 0.3 is 0 Å². The largest absolute Gasteiger partial charge is 0.396 e. The Morgan fingerprint density at radius 2 is 2.00 bits per heavy atom. The third-order valence-corrected chi connectivity index (χ3v) is 3.68. The van der Waals surface area contributed by atoms with E-state index >= 15 is 0 Å². The fourth-order valence-electron chi connectivity index (χ4n) is 1.96. The normalized spacial score (nSPS) is 20.6. The Morgan fingerprint density at radius 1 is 1.33 bits per heavy atom. The van der Waals surface area contributed by atoms with Crippen LogP contribution in [0.2, 0.25) is 0 Å². The fraction of sp³-hybridized carbons (Fsp3) is 1.00. The van der Waals surface area contributed by atoms with Crippen molar-refractivity contribution >= 4 is 0 Å². The van der Waals surface area contributed by atoms with E-state index in [1.165, 1.54) is 32.2 Å².